The molecule has 1 aliphatic carbocycles. The van der Waals surface area contributed by atoms with Crippen LogP contribution in [0.5, 0.6) is 0 Å². The summed E-state index contributed by atoms with van der Waals surface area (Å²) < 4.78 is 0. The molecule has 0 spiro atoms. The summed E-state index contributed by atoms with van der Waals surface area (Å²) in [6.07, 6.45) is 5.88. The monoisotopic (exact) mass is 285 g/mol. The van der Waals surface area contributed by atoms with Crippen molar-refractivity contribution in [3.8, 4) is 11.8 Å². The van der Waals surface area contributed by atoms with E-state index in [1.54, 1.807) is 0 Å². The standard InChI is InChI=1S/C17H23N3O/c18-12-6-9-14-7-4-5-8-15(14)13-19-17(21)20-16-10-2-1-3-11-16/h4-5,7-8,16H,1-3,10-13,18H2,(H2,19,20,21). The van der Waals surface area contributed by atoms with Crippen LogP contribution in [0.15, 0.2) is 24.3 Å². The molecule has 112 valence electrons. The first-order valence-electron chi connectivity index (χ1n) is 7.61. The Morgan fingerprint density at radius 1 is 1.24 bits per heavy atom. The molecule has 0 aromatic heterocycles. The Morgan fingerprint density at radius 3 is 2.76 bits per heavy atom. The minimum absolute atomic E-state index is 0.0940. The minimum Gasteiger partial charge on any atom is -0.335 e. The van der Waals surface area contributed by atoms with Crippen LogP contribution < -0.4 is 16.4 Å². The fourth-order valence-corrected chi connectivity index (χ4v) is 2.60. The maximum atomic E-state index is 11.9. The molecule has 21 heavy (non-hydrogen) atoms. The van der Waals surface area contributed by atoms with Gasteiger partial charge in [0.15, 0.2) is 0 Å². The predicted octanol–water partition coefficient (Wildman–Crippen LogP) is 2.13. The van der Waals surface area contributed by atoms with Gasteiger partial charge in [-0.05, 0) is 24.5 Å². The van der Waals surface area contributed by atoms with E-state index in [-0.39, 0.29) is 6.03 Å². The second-order valence-corrected chi connectivity index (χ2v) is 5.32. The predicted molar refractivity (Wildman–Crippen MR) is 84.6 cm³/mol. The normalized spacial score (nSPS) is 14.9. The van der Waals surface area contributed by atoms with E-state index < -0.39 is 0 Å². The Balaban J connectivity index is 1.86. The van der Waals surface area contributed by atoms with Crippen LogP contribution in [0.2, 0.25) is 0 Å². The third-order valence-corrected chi connectivity index (χ3v) is 3.72. The molecule has 1 aromatic rings. The Kier molecular flexibility index (Phi) is 6.11. The summed E-state index contributed by atoms with van der Waals surface area (Å²) in [6, 6.07) is 8.03. The van der Waals surface area contributed by atoms with E-state index in [0.717, 1.165) is 24.0 Å². The van der Waals surface area contributed by atoms with Gasteiger partial charge < -0.3 is 16.4 Å². The van der Waals surface area contributed by atoms with Crippen LogP contribution in [0.4, 0.5) is 4.79 Å². The molecule has 2 amide bonds. The van der Waals surface area contributed by atoms with Crippen molar-refractivity contribution in [2.45, 2.75) is 44.7 Å². The van der Waals surface area contributed by atoms with Crippen molar-refractivity contribution >= 4 is 6.03 Å². The Bertz CT molecular complexity index is 524. The highest BCUT2D eigenvalue weighted by Gasteiger charge is 2.15. The number of hydrogen-bond donors (Lipinski definition) is 3. The van der Waals surface area contributed by atoms with E-state index in [2.05, 4.69) is 22.5 Å². The number of urea groups is 1. The number of nitrogens with two attached hydrogens (primary N) is 1. The third kappa shape index (κ3) is 5.13. The zero-order chi connectivity index (χ0) is 14.9. The fraction of sp³-hybridized carbons (Fsp3) is 0.471. The molecule has 0 radical (unpaired) electrons. The lowest BCUT2D eigenvalue weighted by Gasteiger charge is -2.22. The van der Waals surface area contributed by atoms with Gasteiger partial charge in [0.25, 0.3) is 0 Å². The average molecular weight is 285 g/mol. The maximum Gasteiger partial charge on any atom is 0.315 e. The molecule has 4 nitrogen and oxygen atoms in total. The number of nitrogens with one attached hydrogen (secondary N) is 2. The van der Waals surface area contributed by atoms with E-state index >= 15 is 0 Å². The fourth-order valence-electron chi connectivity index (χ4n) is 2.60. The molecular formula is C17H23N3O. The molecule has 0 heterocycles. The van der Waals surface area contributed by atoms with Crippen molar-refractivity contribution in [2.24, 2.45) is 5.73 Å². The second kappa shape index (κ2) is 8.33. The van der Waals surface area contributed by atoms with Crippen molar-refractivity contribution in [3.05, 3.63) is 35.4 Å². The summed E-state index contributed by atoms with van der Waals surface area (Å²) in [6.45, 7) is 0.817. The van der Waals surface area contributed by atoms with E-state index in [9.17, 15) is 4.79 Å². The molecule has 0 unspecified atom stereocenters. The number of rotatable bonds is 3. The van der Waals surface area contributed by atoms with Gasteiger partial charge >= 0.3 is 6.03 Å². The van der Waals surface area contributed by atoms with Crippen LogP contribution in [-0.2, 0) is 6.54 Å². The van der Waals surface area contributed by atoms with Crippen LogP contribution in [0.3, 0.4) is 0 Å². The summed E-state index contributed by atoms with van der Waals surface area (Å²) in [5.74, 6) is 5.88. The van der Waals surface area contributed by atoms with E-state index in [1.807, 2.05) is 24.3 Å². The highest BCUT2D eigenvalue weighted by Crippen LogP contribution is 2.17. The smallest absolute Gasteiger partial charge is 0.315 e. The topological polar surface area (TPSA) is 67.1 Å². The molecule has 0 saturated heterocycles. The van der Waals surface area contributed by atoms with Gasteiger partial charge in [0.1, 0.15) is 0 Å². The van der Waals surface area contributed by atoms with Crippen LogP contribution in [0.1, 0.15) is 43.2 Å². The summed E-state index contributed by atoms with van der Waals surface area (Å²) in [7, 11) is 0. The largest absolute Gasteiger partial charge is 0.335 e. The lowest BCUT2D eigenvalue weighted by Crippen LogP contribution is -2.42. The molecule has 2 rings (SSSR count). The third-order valence-electron chi connectivity index (χ3n) is 3.72. The number of hydrogen-bond acceptors (Lipinski definition) is 2. The Labute approximate surface area is 126 Å². The van der Waals surface area contributed by atoms with Crippen LogP contribution >= 0.6 is 0 Å². The zero-order valence-electron chi connectivity index (χ0n) is 12.3. The molecule has 1 aliphatic rings. The van der Waals surface area contributed by atoms with Gasteiger partial charge in [-0.25, -0.2) is 4.79 Å². The molecule has 1 aromatic carbocycles. The van der Waals surface area contributed by atoms with E-state index in [0.29, 0.717) is 19.1 Å². The van der Waals surface area contributed by atoms with Crippen LogP contribution in [-0.4, -0.2) is 18.6 Å². The summed E-state index contributed by atoms with van der Waals surface area (Å²) in [4.78, 5) is 11.9. The molecule has 1 fully saturated rings. The summed E-state index contributed by atoms with van der Waals surface area (Å²) in [5, 5.41) is 5.96. The van der Waals surface area contributed by atoms with Crippen molar-refractivity contribution in [2.75, 3.05) is 6.54 Å². The van der Waals surface area contributed by atoms with Gasteiger partial charge in [0, 0.05) is 18.2 Å². The molecule has 0 aliphatic heterocycles. The Hall–Kier alpha value is -1.99. The quantitative estimate of drug-likeness (QED) is 0.745. The number of carbonyl (C=O) groups excluding carboxylic acids is 1. The van der Waals surface area contributed by atoms with Gasteiger partial charge in [-0.15, -0.1) is 0 Å². The molecule has 4 N–H and O–H groups in total. The van der Waals surface area contributed by atoms with Crippen molar-refractivity contribution in [1.29, 1.82) is 0 Å². The molecule has 1 saturated carbocycles. The van der Waals surface area contributed by atoms with Crippen molar-refractivity contribution < 1.29 is 4.79 Å². The minimum atomic E-state index is -0.0940. The maximum absolute atomic E-state index is 11.9. The Morgan fingerprint density at radius 2 is 2.00 bits per heavy atom. The highest BCUT2D eigenvalue weighted by atomic mass is 16.2. The van der Waals surface area contributed by atoms with E-state index in [1.165, 1.54) is 19.3 Å². The molecule has 0 atom stereocenters. The highest BCUT2D eigenvalue weighted by molar-refractivity contribution is 5.74. The number of benzene rings is 1. The summed E-state index contributed by atoms with van der Waals surface area (Å²) in [5.41, 5.74) is 7.33. The van der Waals surface area contributed by atoms with Gasteiger partial charge in [-0.1, -0.05) is 49.3 Å². The van der Waals surface area contributed by atoms with Crippen LogP contribution in [0.25, 0.3) is 0 Å². The van der Waals surface area contributed by atoms with Gasteiger partial charge in [0.2, 0.25) is 0 Å². The first-order chi connectivity index (χ1) is 10.3. The number of carbonyl (C=O) groups is 1. The summed E-state index contributed by atoms with van der Waals surface area (Å²) >= 11 is 0. The second-order valence-electron chi connectivity index (χ2n) is 5.32. The first-order valence-corrected chi connectivity index (χ1v) is 7.61. The number of amides is 2. The van der Waals surface area contributed by atoms with Gasteiger partial charge in [-0.3, -0.25) is 0 Å². The molecule has 4 heteroatoms. The molecular weight excluding hydrogens is 262 g/mol. The lowest BCUT2D eigenvalue weighted by molar-refractivity contribution is 0.232. The van der Waals surface area contributed by atoms with Gasteiger partial charge in [-0.2, -0.15) is 0 Å². The van der Waals surface area contributed by atoms with Crippen LogP contribution in [0, 0.1) is 11.8 Å². The SMILES string of the molecule is NCC#Cc1ccccc1CNC(=O)NC1CCCCC1. The van der Waals surface area contributed by atoms with E-state index in [4.69, 9.17) is 5.73 Å². The lowest BCUT2D eigenvalue weighted by atomic mass is 9.96. The van der Waals surface area contributed by atoms with Crippen molar-refractivity contribution in [3.63, 3.8) is 0 Å². The first kappa shape index (κ1) is 15.4. The zero-order valence-corrected chi connectivity index (χ0v) is 12.3. The van der Waals surface area contributed by atoms with Gasteiger partial charge in [0.05, 0.1) is 6.54 Å². The van der Waals surface area contributed by atoms with Crippen molar-refractivity contribution in [1.82, 2.24) is 10.6 Å². The molecule has 0 bridgehead atoms. The average Bonchev–Trinajstić information content (AvgIpc) is 2.52.